The Labute approximate surface area is 201 Å². The topological polar surface area (TPSA) is 68.3 Å². The summed E-state index contributed by atoms with van der Waals surface area (Å²) in [5.41, 5.74) is 1.09. The lowest BCUT2D eigenvalue weighted by atomic mass is 9.98. The van der Waals surface area contributed by atoms with Gasteiger partial charge in [0.15, 0.2) is 0 Å². The zero-order chi connectivity index (χ0) is 25.2. The quantitative estimate of drug-likeness (QED) is 0.398. The fourth-order valence-electron chi connectivity index (χ4n) is 3.67. The lowest BCUT2D eigenvalue weighted by molar-refractivity contribution is -0.118. The predicted molar refractivity (Wildman–Crippen MR) is 125 cm³/mol. The van der Waals surface area contributed by atoms with Gasteiger partial charge in [0.05, 0.1) is 0 Å². The van der Waals surface area contributed by atoms with Gasteiger partial charge in [0.25, 0.3) is 5.92 Å². The lowest BCUT2D eigenvalue weighted by Crippen LogP contribution is -2.14. The molecule has 0 unspecified atom stereocenters. The van der Waals surface area contributed by atoms with Crippen LogP contribution < -0.4 is 10.1 Å². The number of rotatable bonds is 9. The van der Waals surface area contributed by atoms with E-state index in [0.29, 0.717) is 22.9 Å². The number of alkyl halides is 2. The molecule has 1 saturated carbocycles. The molecule has 1 heterocycles. The van der Waals surface area contributed by atoms with Crippen LogP contribution in [0.15, 0.2) is 54.7 Å². The van der Waals surface area contributed by atoms with Crippen LogP contribution >= 0.6 is 0 Å². The van der Waals surface area contributed by atoms with Crippen LogP contribution in [-0.4, -0.2) is 16.7 Å². The van der Waals surface area contributed by atoms with Crippen molar-refractivity contribution in [3.63, 3.8) is 0 Å². The Morgan fingerprint density at radius 1 is 1.09 bits per heavy atom. The van der Waals surface area contributed by atoms with E-state index in [0.717, 1.165) is 43.5 Å². The van der Waals surface area contributed by atoms with E-state index in [1.807, 2.05) is 6.92 Å². The Morgan fingerprint density at radius 3 is 2.54 bits per heavy atom. The van der Waals surface area contributed by atoms with E-state index in [1.54, 1.807) is 36.5 Å². The summed E-state index contributed by atoms with van der Waals surface area (Å²) in [4.78, 5) is 28.6. The molecule has 8 heteroatoms. The number of pyridine rings is 1. The molecular weight excluding hydrogens is 457 g/mol. The van der Waals surface area contributed by atoms with E-state index in [1.165, 1.54) is 0 Å². The standard InChI is InChI=1S/C27H25F3N2O3/c1-16-11-17(12-21(33)14-19-13-20(27(2,29)30)6-7-23(19)28)3-8-24(16)35-22-9-10-31-25(15-22)32-26(34)18-4-5-18/h3,6-11,13,15,18H,4-5,12,14H2,1-2H3,(H,31,32,34). The van der Waals surface area contributed by atoms with Crippen LogP contribution in [0.5, 0.6) is 11.5 Å². The monoisotopic (exact) mass is 482 g/mol. The zero-order valence-electron chi connectivity index (χ0n) is 19.4. The Morgan fingerprint density at radius 2 is 1.86 bits per heavy atom. The van der Waals surface area contributed by atoms with Gasteiger partial charge in [-0.15, -0.1) is 0 Å². The van der Waals surface area contributed by atoms with Crippen LogP contribution in [0.3, 0.4) is 0 Å². The molecule has 1 aliphatic rings. The molecule has 1 amide bonds. The third-order valence-electron chi connectivity index (χ3n) is 5.74. The molecule has 0 bridgehead atoms. The average Bonchev–Trinajstić information content (AvgIpc) is 3.62. The Hall–Kier alpha value is -3.68. The van der Waals surface area contributed by atoms with E-state index in [9.17, 15) is 22.8 Å². The zero-order valence-corrected chi connectivity index (χ0v) is 19.4. The number of benzene rings is 2. The first-order valence-corrected chi connectivity index (χ1v) is 11.3. The number of amides is 1. The number of aryl methyl sites for hydroxylation is 1. The molecule has 1 aromatic heterocycles. The number of nitrogens with one attached hydrogen (secondary N) is 1. The minimum absolute atomic E-state index is 0.0277. The molecule has 0 saturated heterocycles. The summed E-state index contributed by atoms with van der Waals surface area (Å²) in [5, 5.41) is 2.78. The van der Waals surface area contributed by atoms with E-state index in [2.05, 4.69) is 10.3 Å². The Bertz CT molecular complexity index is 1270. The van der Waals surface area contributed by atoms with Gasteiger partial charge in [-0.05, 0) is 60.7 Å². The largest absolute Gasteiger partial charge is 0.457 e. The summed E-state index contributed by atoms with van der Waals surface area (Å²) >= 11 is 0. The second-order valence-electron chi connectivity index (χ2n) is 8.93. The van der Waals surface area contributed by atoms with Gasteiger partial charge in [0, 0.05) is 43.5 Å². The number of ketones is 1. The molecule has 2 aromatic carbocycles. The first-order chi connectivity index (χ1) is 16.6. The van der Waals surface area contributed by atoms with Crippen LogP contribution in [0.1, 0.15) is 42.0 Å². The van der Waals surface area contributed by atoms with Crippen molar-refractivity contribution in [2.75, 3.05) is 5.32 Å². The summed E-state index contributed by atoms with van der Waals surface area (Å²) in [6.45, 7) is 2.56. The van der Waals surface area contributed by atoms with Crippen LogP contribution in [0.2, 0.25) is 0 Å². The Balaban J connectivity index is 1.40. The van der Waals surface area contributed by atoms with Gasteiger partial charge in [0.1, 0.15) is 28.9 Å². The maximum atomic E-state index is 14.1. The van der Waals surface area contributed by atoms with Gasteiger partial charge >= 0.3 is 0 Å². The van der Waals surface area contributed by atoms with Gasteiger partial charge in [-0.2, -0.15) is 0 Å². The number of hydrogen-bond donors (Lipinski definition) is 1. The van der Waals surface area contributed by atoms with Gasteiger partial charge in [-0.25, -0.2) is 18.2 Å². The predicted octanol–water partition coefficient (Wildman–Crippen LogP) is 6.14. The van der Waals surface area contributed by atoms with E-state index in [-0.39, 0.29) is 41.6 Å². The molecule has 0 radical (unpaired) electrons. The summed E-state index contributed by atoms with van der Waals surface area (Å²) < 4.78 is 47.1. The third kappa shape index (κ3) is 6.47. The second-order valence-corrected chi connectivity index (χ2v) is 8.93. The minimum Gasteiger partial charge on any atom is -0.457 e. The van der Waals surface area contributed by atoms with Crippen LogP contribution in [0.25, 0.3) is 0 Å². The summed E-state index contributed by atoms with van der Waals surface area (Å²) in [6, 6.07) is 11.6. The van der Waals surface area contributed by atoms with E-state index >= 15 is 0 Å². The van der Waals surface area contributed by atoms with Crippen LogP contribution in [0, 0.1) is 18.7 Å². The van der Waals surface area contributed by atoms with Gasteiger partial charge in [-0.3, -0.25) is 9.59 Å². The molecule has 0 atom stereocenters. The SMILES string of the molecule is Cc1cc(CC(=O)Cc2cc(C(C)(F)F)ccc2F)ccc1Oc1ccnc(NC(=O)C2CC2)c1. The summed E-state index contributed by atoms with van der Waals surface area (Å²) in [7, 11) is 0. The highest BCUT2D eigenvalue weighted by Gasteiger charge is 2.30. The number of hydrogen-bond acceptors (Lipinski definition) is 4. The highest BCUT2D eigenvalue weighted by molar-refractivity contribution is 5.93. The van der Waals surface area contributed by atoms with E-state index in [4.69, 9.17) is 4.74 Å². The van der Waals surface area contributed by atoms with Gasteiger partial charge in [-0.1, -0.05) is 18.2 Å². The number of carbonyl (C=O) groups is 2. The smallest absolute Gasteiger partial charge is 0.270 e. The number of halogens is 3. The number of anilines is 1. The highest BCUT2D eigenvalue weighted by Crippen LogP contribution is 2.31. The van der Waals surface area contributed by atoms with Crippen molar-refractivity contribution in [2.45, 2.75) is 45.5 Å². The summed E-state index contributed by atoms with van der Waals surface area (Å²) in [6.07, 6.45) is 3.08. The number of carbonyl (C=O) groups excluding carboxylic acids is 2. The maximum absolute atomic E-state index is 14.1. The molecule has 35 heavy (non-hydrogen) atoms. The van der Waals surface area contributed by atoms with Gasteiger partial charge in [0.2, 0.25) is 5.91 Å². The molecule has 4 rings (SSSR count). The molecule has 5 nitrogen and oxygen atoms in total. The highest BCUT2D eigenvalue weighted by atomic mass is 19.3. The number of ether oxygens (including phenoxy) is 1. The molecule has 0 spiro atoms. The molecule has 1 N–H and O–H groups in total. The summed E-state index contributed by atoms with van der Waals surface area (Å²) in [5.74, 6) is -2.60. The molecule has 1 aliphatic carbocycles. The van der Waals surface area contributed by atoms with Gasteiger partial charge < -0.3 is 10.1 Å². The van der Waals surface area contributed by atoms with Crippen molar-refractivity contribution in [3.8, 4) is 11.5 Å². The molecule has 0 aliphatic heterocycles. The molecular formula is C27H25F3N2O3. The van der Waals surface area contributed by atoms with Crippen molar-refractivity contribution >= 4 is 17.5 Å². The molecule has 182 valence electrons. The fourth-order valence-corrected chi connectivity index (χ4v) is 3.67. The van der Waals surface area contributed by atoms with Crippen LogP contribution in [0.4, 0.5) is 19.0 Å². The van der Waals surface area contributed by atoms with Crippen molar-refractivity contribution < 1.29 is 27.5 Å². The van der Waals surface area contributed by atoms with Crippen molar-refractivity contribution in [1.82, 2.24) is 4.98 Å². The first kappa shape index (κ1) is 24.4. The third-order valence-corrected chi connectivity index (χ3v) is 5.74. The second kappa shape index (κ2) is 9.90. The molecule has 1 fully saturated rings. The first-order valence-electron chi connectivity index (χ1n) is 11.3. The van der Waals surface area contributed by atoms with Crippen molar-refractivity contribution in [1.29, 1.82) is 0 Å². The lowest BCUT2D eigenvalue weighted by Gasteiger charge is -2.13. The number of nitrogens with zero attached hydrogens (tertiary/aromatic N) is 1. The minimum atomic E-state index is -3.11. The van der Waals surface area contributed by atoms with Crippen molar-refractivity contribution in [2.24, 2.45) is 5.92 Å². The normalized spacial score (nSPS) is 13.4. The number of Topliss-reactive ketones (excluding diaryl/α,β-unsaturated/α-hetero) is 1. The fraction of sp³-hybridized carbons (Fsp3) is 0.296. The van der Waals surface area contributed by atoms with E-state index < -0.39 is 11.7 Å². The number of aromatic nitrogens is 1. The Kier molecular flexibility index (Phi) is 6.91. The molecule has 3 aromatic rings. The van der Waals surface area contributed by atoms with Crippen LogP contribution in [-0.2, 0) is 28.4 Å². The maximum Gasteiger partial charge on any atom is 0.270 e. The van der Waals surface area contributed by atoms with Crippen molar-refractivity contribution in [3.05, 3.63) is 82.8 Å². The average molecular weight is 483 g/mol.